The molecular weight excluding hydrogens is 338 g/mol. The number of likely N-dealkylation sites (tertiary alicyclic amines) is 1. The molecule has 1 aliphatic rings. The van der Waals surface area contributed by atoms with E-state index in [1.807, 2.05) is 16.5 Å². The Labute approximate surface area is 159 Å². The predicted molar refractivity (Wildman–Crippen MR) is 106 cm³/mol. The molecular formula is C21H27N5O. The van der Waals surface area contributed by atoms with Crippen LogP contribution in [-0.4, -0.2) is 43.6 Å². The van der Waals surface area contributed by atoms with Crippen LogP contribution in [0.2, 0.25) is 0 Å². The van der Waals surface area contributed by atoms with Gasteiger partial charge in [-0.3, -0.25) is 4.79 Å². The lowest BCUT2D eigenvalue weighted by atomic mass is 9.96. The van der Waals surface area contributed by atoms with E-state index < -0.39 is 0 Å². The van der Waals surface area contributed by atoms with Gasteiger partial charge in [-0.05, 0) is 50.3 Å². The van der Waals surface area contributed by atoms with Crippen molar-refractivity contribution in [2.75, 3.05) is 13.1 Å². The summed E-state index contributed by atoms with van der Waals surface area (Å²) in [5, 5.41) is 9.46. The highest BCUT2D eigenvalue weighted by molar-refractivity contribution is 5.93. The second kappa shape index (κ2) is 6.83. The van der Waals surface area contributed by atoms with Crippen molar-refractivity contribution in [2.24, 2.45) is 7.05 Å². The minimum absolute atomic E-state index is 0.201. The molecule has 1 amide bonds. The third-order valence-corrected chi connectivity index (χ3v) is 5.90. The molecule has 1 saturated heterocycles. The van der Waals surface area contributed by atoms with Crippen LogP contribution < -0.4 is 0 Å². The van der Waals surface area contributed by atoms with Crippen LogP contribution in [0.25, 0.3) is 10.9 Å². The summed E-state index contributed by atoms with van der Waals surface area (Å²) in [5.74, 6) is 1.44. The molecule has 0 aliphatic carbocycles. The molecule has 1 aliphatic heterocycles. The third-order valence-electron chi connectivity index (χ3n) is 5.90. The summed E-state index contributed by atoms with van der Waals surface area (Å²) in [6.07, 6.45) is 4.24. The Bertz CT molecular complexity index is 1000. The monoisotopic (exact) mass is 365 g/mol. The lowest BCUT2D eigenvalue weighted by Gasteiger charge is -2.32. The van der Waals surface area contributed by atoms with Crippen LogP contribution in [0.5, 0.6) is 0 Å². The fourth-order valence-electron chi connectivity index (χ4n) is 4.37. The second-order valence-electron chi connectivity index (χ2n) is 7.83. The van der Waals surface area contributed by atoms with E-state index in [1.165, 1.54) is 16.5 Å². The highest BCUT2D eigenvalue weighted by atomic mass is 16.2. The van der Waals surface area contributed by atoms with Crippen LogP contribution in [0.1, 0.15) is 47.0 Å². The second-order valence-corrected chi connectivity index (χ2v) is 7.83. The molecule has 2 aromatic heterocycles. The highest BCUT2D eigenvalue weighted by Gasteiger charge is 2.28. The topological polar surface area (TPSA) is 66.8 Å². The Morgan fingerprint density at radius 3 is 2.78 bits per heavy atom. The van der Waals surface area contributed by atoms with E-state index in [0.717, 1.165) is 48.5 Å². The summed E-state index contributed by atoms with van der Waals surface area (Å²) in [5.41, 5.74) is 5.83. The number of aryl methyl sites for hydroxylation is 4. The highest BCUT2D eigenvalue weighted by Crippen LogP contribution is 2.30. The van der Waals surface area contributed by atoms with Crippen molar-refractivity contribution in [3.8, 4) is 0 Å². The zero-order valence-corrected chi connectivity index (χ0v) is 16.5. The van der Waals surface area contributed by atoms with Crippen LogP contribution >= 0.6 is 0 Å². The Kier molecular flexibility index (Phi) is 4.50. The SMILES string of the molecule is Cc1[nH]c2c(C)ccc(C)c2c1CC(=O)N1CCCC(c2nncn2C)C1. The fourth-order valence-corrected chi connectivity index (χ4v) is 4.37. The molecule has 1 fully saturated rings. The molecule has 0 spiro atoms. The molecule has 27 heavy (non-hydrogen) atoms. The third kappa shape index (κ3) is 3.13. The summed E-state index contributed by atoms with van der Waals surface area (Å²) in [6, 6.07) is 4.28. The number of fused-ring (bicyclic) bond motifs is 1. The summed E-state index contributed by atoms with van der Waals surface area (Å²) in [4.78, 5) is 18.6. The van der Waals surface area contributed by atoms with Gasteiger partial charge in [0, 0.05) is 42.7 Å². The number of hydrogen-bond acceptors (Lipinski definition) is 3. The Morgan fingerprint density at radius 1 is 1.26 bits per heavy atom. The molecule has 1 aromatic carbocycles. The summed E-state index contributed by atoms with van der Waals surface area (Å²) in [7, 11) is 1.97. The van der Waals surface area contributed by atoms with E-state index in [9.17, 15) is 4.79 Å². The maximum atomic E-state index is 13.1. The van der Waals surface area contributed by atoms with Crippen molar-refractivity contribution in [2.45, 2.75) is 46.0 Å². The Hall–Kier alpha value is -2.63. The molecule has 0 radical (unpaired) electrons. The van der Waals surface area contributed by atoms with Gasteiger partial charge < -0.3 is 14.5 Å². The number of aromatic amines is 1. The zero-order chi connectivity index (χ0) is 19.1. The molecule has 0 saturated carbocycles. The Morgan fingerprint density at radius 2 is 2.04 bits per heavy atom. The first-order valence-corrected chi connectivity index (χ1v) is 9.64. The number of benzene rings is 1. The van der Waals surface area contributed by atoms with Crippen LogP contribution in [0.4, 0.5) is 0 Å². The van der Waals surface area contributed by atoms with E-state index in [-0.39, 0.29) is 11.8 Å². The van der Waals surface area contributed by atoms with E-state index in [0.29, 0.717) is 6.42 Å². The van der Waals surface area contributed by atoms with Crippen molar-refractivity contribution < 1.29 is 4.79 Å². The van der Waals surface area contributed by atoms with Crippen molar-refractivity contribution >= 4 is 16.8 Å². The fraction of sp³-hybridized carbons (Fsp3) is 0.476. The average Bonchev–Trinajstić information content (AvgIpc) is 3.23. The number of piperidine rings is 1. The molecule has 6 nitrogen and oxygen atoms in total. The average molecular weight is 365 g/mol. The minimum atomic E-state index is 0.201. The van der Waals surface area contributed by atoms with Gasteiger partial charge >= 0.3 is 0 Å². The molecule has 6 heteroatoms. The largest absolute Gasteiger partial charge is 0.358 e. The summed E-state index contributed by atoms with van der Waals surface area (Å²) < 4.78 is 1.97. The van der Waals surface area contributed by atoms with Gasteiger partial charge in [0.15, 0.2) is 0 Å². The quantitative estimate of drug-likeness (QED) is 0.775. The first-order valence-electron chi connectivity index (χ1n) is 9.64. The van der Waals surface area contributed by atoms with Gasteiger partial charge in [-0.25, -0.2) is 0 Å². The first-order chi connectivity index (χ1) is 13.0. The van der Waals surface area contributed by atoms with Gasteiger partial charge in [0.25, 0.3) is 0 Å². The summed E-state index contributed by atoms with van der Waals surface area (Å²) in [6.45, 7) is 7.85. The number of amides is 1. The standard InChI is InChI=1S/C21H27N5O/c1-13-7-8-14(2)20-19(13)17(15(3)23-20)10-18(27)26-9-5-6-16(11-26)21-24-22-12-25(21)4/h7-8,12,16,23H,5-6,9-11H2,1-4H3. The van der Waals surface area contributed by atoms with E-state index in [2.05, 4.69) is 48.1 Å². The molecule has 142 valence electrons. The molecule has 4 rings (SSSR count). The molecule has 3 aromatic rings. The number of nitrogens with zero attached hydrogens (tertiary/aromatic N) is 4. The van der Waals surface area contributed by atoms with E-state index >= 15 is 0 Å². The number of hydrogen-bond donors (Lipinski definition) is 1. The van der Waals surface area contributed by atoms with Crippen LogP contribution in [0.3, 0.4) is 0 Å². The minimum Gasteiger partial charge on any atom is -0.358 e. The van der Waals surface area contributed by atoms with E-state index in [4.69, 9.17) is 0 Å². The maximum Gasteiger partial charge on any atom is 0.227 e. The zero-order valence-electron chi connectivity index (χ0n) is 16.5. The Balaban J connectivity index is 1.58. The van der Waals surface area contributed by atoms with Gasteiger partial charge in [0.1, 0.15) is 12.2 Å². The van der Waals surface area contributed by atoms with Gasteiger partial charge in [-0.15, -0.1) is 10.2 Å². The number of H-pyrrole nitrogens is 1. The van der Waals surface area contributed by atoms with Crippen LogP contribution in [0.15, 0.2) is 18.5 Å². The van der Waals surface area contributed by atoms with Crippen LogP contribution in [-0.2, 0) is 18.3 Å². The van der Waals surface area contributed by atoms with Crippen LogP contribution in [0, 0.1) is 20.8 Å². The molecule has 1 atom stereocenters. The lowest BCUT2D eigenvalue weighted by Crippen LogP contribution is -2.40. The van der Waals surface area contributed by atoms with Gasteiger partial charge in [-0.1, -0.05) is 12.1 Å². The van der Waals surface area contributed by atoms with Crippen molar-refractivity contribution in [1.82, 2.24) is 24.6 Å². The normalized spacial score (nSPS) is 17.6. The first kappa shape index (κ1) is 17.8. The molecule has 1 N–H and O–H groups in total. The van der Waals surface area contributed by atoms with Gasteiger partial charge in [0.05, 0.1) is 6.42 Å². The van der Waals surface area contributed by atoms with Gasteiger partial charge in [-0.2, -0.15) is 0 Å². The van der Waals surface area contributed by atoms with Crippen molar-refractivity contribution in [1.29, 1.82) is 0 Å². The number of rotatable bonds is 3. The molecule has 3 heterocycles. The molecule has 1 unspecified atom stereocenters. The van der Waals surface area contributed by atoms with Crippen molar-refractivity contribution in [3.63, 3.8) is 0 Å². The lowest BCUT2D eigenvalue weighted by molar-refractivity contribution is -0.131. The van der Waals surface area contributed by atoms with Crippen molar-refractivity contribution in [3.05, 3.63) is 46.7 Å². The number of carbonyl (C=O) groups excluding carboxylic acids is 1. The smallest absolute Gasteiger partial charge is 0.227 e. The number of carbonyl (C=O) groups is 1. The number of aromatic nitrogens is 4. The van der Waals surface area contributed by atoms with Gasteiger partial charge in [0.2, 0.25) is 5.91 Å². The number of nitrogens with one attached hydrogen (secondary N) is 1. The summed E-state index contributed by atoms with van der Waals surface area (Å²) >= 11 is 0. The van der Waals surface area contributed by atoms with E-state index in [1.54, 1.807) is 6.33 Å². The maximum absolute atomic E-state index is 13.1. The predicted octanol–water partition coefficient (Wildman–Crippen LogP) is 3.17. The molecule has 0 bridgehead atoms.